The maximum atomic E-state index is 13.1. The molecule has 0 unspecified atom stereocenters. The number of carbonyl (C=O) groups is 2. The van der Waals surface area contributed by atoms with Gasteiger partial charge in [-0.2, -0.15) is 13.2 Å². The van der Waals surface area contributed by atoms with E-state index in [9.17, 15) is 32.9 Å². The zero-order valence-electron chi connectivity index (χ0n) is 15.9. The first-order valence-corrected chi connectivity index (χ1v) is 8.56. The van der Waals surface area contributed by atoms with E-state index in [1.165, 1.54) is 24.3 Å². The molecular weight excluding hydrogens is 409 g/mol. The van der Waals surface area contributed by atoms with Gasteiger partial charge in [0.05, 0.1) is 27.8 Å². The van der Waals surface area contributed by atoms with Crippen molar-refractivity contribution < 1.29 is 37.2 Å². The van der Waals surface area contributed by atoms with Crippen molar-refractivity contribution in [1.29, 1.82) is 0 Å². The van der Waals surface area contributed by atoms with Gasteiger partial charge >= 0.3 is 12.1 Å². The van der Waals surface area contributed by atoms with E-state index in [1.54, 1.807) is 0 Å². The fourth-order valence-electron chi connectivity index (χ4n) is 2.33. The summed E-state index contributed by atoms with van der Waals surface area (Å²) in [5, 5.41) is 12.6. The molecule has 2 rings (SSSR count). The van der Waals surface area contributed by atoms with E-state index in [-0.39, 0.29) is 11.7 Å². The van der Waals surface area contributed by atoms with Crippen molar-refractivity contribution in [3.05, 3.63) is 63.7 Å². The highest BCUT2D eigenvalue weighted by Gasteiger charge is 2.35. The lowest BCUT2D eigenvalue weighted by Gasteiger charge is -2.14. The number of esters is 1. The molecule has 0 fully saturated rings. The molecule has 0 saturated heterocycles. The number of hydrogen-bond donors (Lipinski definition) is 1. The van der Waals surface area contributed by atoms with Gasteiger partial charge < -0.3 is 14.8 Å². The minimum absolute atomic E-state index is 0.0625. The smallest absolute Gasteiger partial charge is 0.418 e. The van der Waals surface area contributed by atoms with Crippen LogP contribution < -0.4 is 10.1 Å². The maximum Gasteiger partial charge on any atom is 0.418 e. The Morgan fingerprint density at radius 1 is 1.13 bits per heavy atom. The molecule has 0 bridgehead atoms. The van der Waals surface area contributed by atoms with Crippen LogP contribution in [-0.2, 0) is 15.7 Å². The van der Waals surface area contributed by atoms with Crippen molar-refractivity contribution in [2.45, 2.75) is 26.1 Å². The van der Waals surface area contributed by atoms with Gasteiger partial charge in [-0.25, -0.2) is 4.79 Å². The van der Waals surface area contributed by atoms with Crippen molar-refractivity contribution in [2.75, 3.05) is 11.9 Å². The second-order valence-corrected chi connectivity index (χ2v) is 6.30. The summed E-state index contributed by atoms with van der Waals surface area (Å²) in [7, 11) is 0. The van der Waals surface area contributed by atoms with Gasteiger partial charge in [-0.1, -0.05) is 0 Å². The summed E-state index contributed by atoms with van der Waals surface area (Å²) < 4.78 is 49.6. The standard InChI is InChI=1S/C19H17F3N2O6/c1-11(2)30-14-6-3-12(4-7-14)18(26)29-10-17(25)23-16-8-5-13(24(27)28)9-15(16)19(20,21)22/h3-9,11H,10H2,1-2H3,(H,23,25). The van der Waals surface area contributed by atoms with Gasteiger partial charge in [0, 0.05) is 12.1 Å². The molecule has 0 aliphatic heterocycles. The molecular formula is C19H17F3N2O6. The number of nitro groups is 1. The molecule has 2 aromatic carbocycles. The number of halogens is 3. The molecule has 0 heterocycles. The quantitative estimate of drug-likeness (QED) is 0.404. The van der Waals surface area contributed by atoms with Crippen molar-refractivity contribution >= 4 is 23.3 Å². The number of amides is 1. The Hall–Kier alpha value is -3.63. The van der Waals surface area contributed by atoms with E-state index in [2.05, 4.69) is 0 Å². The number of benzene rings is 2. The van der Waals surface area contributed by atoms with Crippen LogP contribution in [0.2, 0.25) is 0 Å². The van der Waals surface area contributed by atoms with Crippen LogP contribution in [0.1, 0.15) is 29.8 Å². The molecule has 1 amide bonds. The third-order valence-electron chi connectivity index (χ3n) is 3.59. The summed E-state index contributed by atoms with van der Waals surface area (Å²) in [4.78, 5) is 33.6. The zero-order chi connectivity index (χ0) is 22.5. The van der Waals surface area contributed by atoms with Gasteiger partial charge in [0.15, 0.2) is 6.61 Å². The molecule has 8 nitrogen and oxygen atoms in total. The predicted octanol–water partition coefficient (Wildman–Crippen LogP) is 4.20. The Labute approximate surface area is 168 Å². The Morgan fingerprint density at radius 3 is 2.30 bits per heavy atom. The summed E-state index contributed by atoms with van der Waals surface area (Å²) in [5.41, 5.74) is -2.75. The molecule has 0 aliphatic carbocycles. The first-order valence-electron chi connectivity index (χ1n) is 8.56. The van der Waals surface area contributed by atoms with E-state index in [4.69, 9.17) is 9.47 Å². The SMILES string of the molecule is CC(C)Oc1ccc(C(=O)OCC(=O)Nc2ccc([N+](=O)[O-])cc2C(F)(F)F)cc1. The van der Waals surface area contributed by atoms with Crippen LogP contribution in [-0.4, -0.2) is 29.5 Å². The van der Waals surface area contributed by atoms with Crippen LogP contribution in [0, 0.1) is 10.1 Å². The first-order chi connectivity index (χ1) is 14.0. The Balaban J connectivity index is 2.02. The summed E-state index contributed by atoms with van der Waals surface area (Å²) in [6, 6.07) is 7.77. The fourth-order valence-corrected chi connectivity index (χ4v) is 2.33. The zero-order valence-corrected chi connectivity index (χ0v) is 15.9. The van der Waals surface area contributed by atoms with E-state index in [0.29, 0.717) is 11.8 Å². The lowest BCUT2D eigenvalue weighted by Crippen LogP contribution is -2.23. The summed E-state index contributed by atoms with van der Waals surface area (Å²) in [6.45, 7) is 2.81. The number of rotatable bonds is 7. The highest BCUT2D eigenvalue weighted by molar-refractivity contribution is 5.96. The van der Waals surface area contributed by atoms with Gasteiger partial charge in [-0.15, -0.1) is 0 Å². The van der Waals surface area contributed by atoms with Crippen LogP contribution in [0.4, 0.5) is 24.5 Å². The summed E-state index contributed by atoms with van der Waals surface area (Å²) >= 11 is 0. The minimum atomic E-state index is -4.94. The van der Waals surface area contributed by atoms with Crippen LogP contribution in [0.5, 0.6) is 5.75 Å². The second kappa shape index (κ2) is 9.25. The van der Waals surface area contributed by atoms with E-state index in [1.807, 2.05) is 19.2 Å². The molecule has 0 radical (unpaired) electrons. The topological polar surface area (TPSA) is 108 Å². The van der Waals surface area contributed by atoms with Gasteiger partial charge in [-0.05, 0) is 44.2 Å². The number of anilines is 1. The molecule has 30 heavy (non-hydrogen) atoms. The predicted molar refractivity (Wildman–Crippen MR) is 99.2 cm³/mol. The summed E-state index contributed by atoms with van der Waals surface area (Å²) in [5.74, 6) is -1.37. The summed E-state index contributed by atoms with van der Waals surface area (Å²) in [6.07, 6.45) is -5.00. The molecule has 11 heteroatoms. The monoisotopic (exact) mass is 426 g/mol. The number of hydrogen-bond acceptors (Lipinski definition) is 6. The Morgan fingerprint density at radius 2 is 1.77 bits per heavy atom. The van der Waals surface area contributed by atoms with E-state index < -0.39 is 46.5 Å². The minimum Gasteiger partial charge on any atom is -0.491 e. The van der Waals surface area contributed by atoms with Crippen molar-refractivity contribution in [1.82, 2.24) is 0 Å². The second-order valence-electron chi connectivity index (χ2n) is 6.30. The number of nitro benzene ring substituents is 1. The molecule has 0 atom stereocenters. The first kappa shape index (κ1) is 22.7. The molecule has 1 N–H and O–H groups in total. The van der Waals surface area contributed by atoms with Crippen LogP contribution >= 0.6 is 0 Å². The molecule has 0 aromatic heterocycles. The number of nitrogens with zero attached hydrogens (tertiary/aromatic N) is 1. The van der Waals surface area contributed by atoms with Crippen LogP contribution in [0.3, 0.4) is 0 Å². The average molecular weight is 426 g/mol. The highest BCUT2D eigenvalue weighted by Crippen LogP contribution is 2.37. The molecule has 0 spiro atoms. The number of non-ortho nitro benzene ring substituents is 1. The number of carbonyl (C=O) groups excluding carboxylic acids is 2. The lowest BCUT2D eigenvalue weighted by molar-refractivity contribution is -0.385. The van der Waals surface area contributed by atoms with Crippen molar-refractivity contribution in [2.24, 2.45) is 0 Å². The third kappa shape index (κ3) is 6.19. The average Bonchev–Trinajstić information content (AvgIpc) is 2.65. The molecule has 160 valence electrons. The van der Waals surface area contributed by atoms with Gasteiger partial charge in [0.1, 0.15) is 5.75 Å². The highest BCUT2D eigenvalue weighted by atomic mass is 19.4. The normalized spacial score (nSPS) is 11.1. The fraction of sp³-hybridized carbons (Fsp3) is 0.263. The number of alkyl halides is 3. The molecule has 2 aromatic rings. The van der Waals surface area contributed by atoms with Gasteiger partial charge in [0.2, 0.25) is 0 Å². The number of nitrogens with one attached hydrogen (secondary N) is 1. The molecule has 0 saturated carbocycles. The van der Waals surface area contributed by atoms with Crippen LogP contribution in [0.15, 0.2) is 42.5 Å². The van der Waals surface area contributed by atoms with Crippen molar-refractivity contribution in [3.63, 3.8) is 0 Å². The number of ether oxygens (including phenoxy) is 2. The van der Waals surface area contributed by atoms with Gasteiger partial charge in [-0.3, -0.25) is 14.9 Å². The Kier molecular flexibility index (Phi) is 6.98. The molecule has 0 aliphatic rings. The Bertz CT molecular complexity index is 942. The van der Waals surface area contributed by atoms with Gasteiger partial charge in [0.25, 0.3) is 11.6 Å². The van der Waals surface area contributed by atoms with Crippen molar-refractivity contribution in [3.8, 4) is 5.75 Å². The van der Waals surface area contributed by atoms with E-state index in [0.717, 1.165) is 12.1 Å². The van der Waals surface area contributed by atoms with Crippen LogP contribution in [0.25, 0.3) is 0 Å². The maximum absolute atomic E-state index is 13.1. The van der Waals surface area contributed by atoms with E-state index >= 15 is 0 Å². The third-order valence-corrected chi connectivity index (χ3v) is 3.59. The lowest BCUT2D eigenvalue weighted by atomic mass is 10.1. The largest absolute Gasteiger partial charge is 0.491 e.